The van der Waals surface area contributed by atoms with Crippen LogP contribution in [0.5, 0.6) is 17.2 Å². The molecule has 0 amide bonds. The molecule has 0 spiro atoms. The van der Waals surface area contributed by atoms with E-state index >= 15 is 0 Å². The minimum atomic E-state index is -2.27. The van der Waals surface area contributed by atoms with Gasteiger partial charge >= 0.3 is 194 Å². The molecule has 3 heterocycles. The van der Waals surface area contributed by atoms with Crippen LogP contribution in [0.25, 0.3) is 72.4 Å². The summed E-state index contributed by atoms with van der Waals surface area (Å²) in [5.74, 6) is 9.94. The fourth-order valence-corrected chi connectivity index (χ4v) is 12.2. The fourth-order valence-electron chi connectivity index (χ4n) is 9.14. The Hall–Kier alpha value is -5.66. The SMILES string of the molecule is Cc1cc(C)c(-n2c(-c3cc(C(C)(C)C)cc(C(C)(C)C)c3O)nc3c(-c4cc(C)c5c(c4)-c4nc[c]([Ge]([CH3])([CH3])[CH3])c6cccc(c46)O5)cccc32)c(-c2ccccc2)c1. The van der Waals surface area contributed by atoms with E-state index in [4.69, 9.17) is 14.7 Å². The molecule has 8 aromatic rings. The van der Waals surface area contributed by atoms with Crippen molar-refractivity contribution in [2.24, 2.45) is 0 Å². The Bertz CT molecular complexity index is 3050. The van der Waals surface area contributed by atoms with Gasteiger partial charge in [0.25, 0.3) is 0 Å². The molecule has 1 N–H and O–H groups in total. The molecule has 302 valence electrons. The van der Waals surface area contributed by atoms with Crippen molar-refractivity contribution in [3.63, 3.8) is 0 Å². The van der Waals surface area contributed by atoms with E-state index in [9.17, 15) is 5.11 Å². The molecule has 1 aliphatic heterocycles. The maximum Gasteiger partial charge on any atom is 0.00634 e. The van der Waals surface area contributed by atoms with Crippen LogP contribution in [0, 0.1) is 20.8 Å². The second-order valence-corrected chi connectivity index (χ2v) is 30.5. The molecule has 5 nitrogen and oxygen atoms in total. The summed E-state index contributed by atoms with van der Waals surface area (Å²) in [5, 5.41) is 14.8. The van der Waals surface area contributed by atoms with E-state index < -0.39 is 13.3 Å². The Labute approximate surface area is 357 Å². The van der Waals surface area contributed by atoms with Crippen molar-refractivity contribution in [2.75, 3.05) is 0 Å². The molecule has 6 heteroatoms. The number of phenols is 1. The van der Waals surface area contributed by atoms with Gasteiger partial charge in [-0.2, -0.15) is 0 Å². The summed E-state index contributed by atoms with van der Waals surface area (Å²) in [6.07, 6.45) is 2.13. The number of phenolic OH excluding ortho intramolecular Hbond substituents is 1. The summed E-state index contributed by atoms with van der Waals surface area (Å²) in [7, 11) is 0. The zero-order valence-electron chi connectivity index (χ0n) is 37.1. The average molecular weight is 851 g/mol. The Balaban J connectivity index is 1.37. The van der Waals surface area contributed by atoms with E-state index in [0.29, 0.717) is 5.82 Å². The van der Waals surface area contributed by atoms with Crippen LogP contribution in [0.2, 0.25) is 17.3 Å². The van der Waals surface area contributed by atoms with Crippen LogP contribution in [0.1, 0.15) is 69.4 Å². The van der Waals surface area contributed by atoms with Crippen molar-refractivity contribution in [3.8, 4) is 67.8 Å². The number of ether oxygens (including phenoxy) is 1. The predicted molar refractivity (Wildman–Crippen MR) is 254 cm³/mol. The van der Waals surface area contributed by atoms with Crippen LogP contribution in [0.15, 0.2) is 109 Å². The first-order valence-electron chi connectivity index (χ1n) is 21.1. The normalized spacial score (nSPS) is 12.9. The van der Waals surface area contributed by atoms with Crippen LogP contribution >= 0.6 is 0 Å². The number of fused-ring (bicyclic) bond motifs is 3. The Morgan fingerprint density at radius 2 is 1.40 bits per heavy atom. The van der Waals surface area contributed by atoms with Gasteiger partial charge in [0.1, 0.15) is 5.75 Å². The third-order valence-corrected chi connectivity index (χ3v) is 16.4. The van der Waals surface area contributed by atoms with E-state index in [-0.39, 0.29) is 16.6 Å². The van der Waals surface area contributed by atoms with Crippen LogP contribution < -0.4 is 9.13 Å². The summed E-state index contributed by atoms with van der Waals surface area (Å²) in [4.78, 5) is 10.9. The van der Waals surface area contributed by atoms with Gasteiger partial charge in [-0.3, -0.25) is 0 Å². The van der Waals surface area contributed by atoms with E-state index in [1.54, 1.807) is 0 Å². The van der Waals surface area contributed by atoms with Gasteiger partial charge in [-0.25, -0.2) is 0 Å². The number of aromatic nitrogens is 3. The number of pyridine rings is 1. The smallest absolute Gasteiger partial charge is 0.00634 e. The molecule has 60 heavy (non-hydrogen) atoms. The molecule has 0 saturated carbocycles. The van der Waals surface area contributed by atoms with Crippen LogP contribution in [-0.4, -0.2) is 32.9 Å². The quantitative estimate of drug-likeness (QED) is 0.175. The molecule has 0 radical (unpaired) electrons. The van der Waals surface area contributed by atoms with Crippen LogP contribution in [0.3, 0.4) is 0 Å². The van der Waals surface area contributed by atoms with Gasteiger partial charge < -0.3 is 5.11 Å². The third-order valence-electron chi connectivity index (χ3n) is 12.2. The molecule has 0 saturated heterocycles. The van der Waals surface area contributed by atoms with E-state index in [2.05, 4.69) is 193 Å². The van der Waals surface area contributed by atoms with Crippen molar-refractivity contribution in [2.45, 2.75) is 90.4 Å². The summed E-state index contributed by atoms with van der Waals surface area (Å²) < 4.78 is 10.5. The van der Waals surface area contributed by atoms with Gasteiger partial charge in [0.15, 0.2) is 0 Å². The second kappa shape index (κ2) is 14.0. The van der Waals surface area contributed by atoms with Gasteiger partial charge in [0.2, 0.25) is 0 Å². The second-order valence-electron chi connectivity index (χ2n) is 19.9. The molecule has 6 aromatic carbocycles. The standard InChI is InChI=1S/C54H55GeN3O2/c1-31-24-32(2)49(39(25-31)34-18-14-13-15-19-34)58-44-22-16-20-37(47(44)57-52(58)41-28-36(53(4,5)6)29-42(50(41)59)54(7,8)9)35-26-33(3)51-40(27-35)48-46-38(21-17-23-45(46)60-51)43(30-56-48)55(10,11)12/h13-30,59H,1-12H3. The fraction of sp³-hybridized carbons (Fsp3) is 0.259. The van der Waals surface area contributed by atoms with Gasteiger partial charge in [-0.05, 0) is 53.5 Å². The number of hydrogen-bond donors (Lipinski definition) is 1. The predicted octanol–water partition coefficient (Wildman–Crippen LogP) is 14.1. The van der Waals surface area contributed by atoms with Gasteiger partial charge in [0.05, 0.1) is 0 Å². The molecule has 0 unspecified atom stereocenters. The Morgan fingerprint density at radius 3 is 2.10 bits per heavy atom. The number of hydrogen-bond acceptors (Lipinski definition) is 4. The molecule has 0 aliphatic carbocycles. The Kier molecular flexibility index (Phi) is 9.25. The minimum Gasteiger partial charge on any atom is -0.0622 e. The number of aryl methyl sites for hydroxylation is 3. The first-order valence-corrected chi connectivity index (χ1v) is 28.5. The molecular formula is C54H55GeN3O2. The van der Waals surface area contributed by atoms with Crippen molar-refractivity contribution >= 4 is 39.5 Å². The van der Waals surface area contributed by atoms with Crippen molar-refractivity contribution in [3.05, 3.63) is 137 Å². The largest absolute Gasteiger partial charge is 0.0622 e. The number of para-hydroxylation sites is 1. The van der Waals surface area contributed by atoms with Crippen molar-refractivity contribution < 1.29 is 9.84 Å². The maximum absolute atomic E-state index is 12.5. The topological polar surface area (TPSA) is 60.2 Å². The molecule has 0 bridgehead atoms. The zero-order valence-corrected chi connectivity index (χ0v) is 39.2. The van der Waals surface area contributed by atoms with Gasteiger partial charge in [-0.15, -0.1) is 0 Å². The molecule has 9 rings (SSSR count). The van der Waals surface area contributed by atoms with Crippen molar-refractivity contribution in [1.29, 1.82) is 0 Å². The first kappa shape index (κ1) is 39.8. The maximum atomic E-state index is 12.5. The van der Waals surface area contributed by atoms with Crippen LogP contribution in [-0.2, 0) is 10.8 Å². The van der Waals surface area contributed by atoms with E-state index in [0.717, 1.165) is 94.9 Å². The number of benzene rings is 6. The summed E-state index contributed by atoms with van der Waals surface area (Å²) >= 11 is -2.27. The summed E-state index contributed by atoms with van der Waals surface area (Å²) in [6.45, 7) is 19.7. The monoisotopic (exact) mass is 851 g/mol. The number of aromatic hydroxyl groups is 1. The van der Waals surface area contributed by atoms with Gasteiger partial charge in [-0.1, -0.05) is 89.6 Å². The summed E-state index contributed by atoms with van der Waals surface area (Å²) in [6, 6.07) is 36.8. The number of nitrogens with zero attached hydrogens (tertiary/aromatic N) is 3. The molecular weight excluding hydrogens is 795 g/mol. The minimum absolute atomic E-state index is 0.172. The van der Waals surface area contributed by atoms with Gasteiger partial charge in [0, 0.05) is 11.1 Å². The Morgan fingerprint density at radius 1 is 0.667 bits per heavy atom. The molecule has 1 aliphatic rings. The third kappa shape index (κ3) is 6.53. The molecule has 0 fully saturated rings. The zero-order chi connectivity index (χ0) is 42.6. The van der Waals surface area contributed by atoms with Crippen molar-refractivity contribution in [1.82, 2.24) is 14.5 Å². The molecule has 0 atom stereocenters. The van der Waals surface area contributed by atoms with E-state index in [1.807, 2.05) is 0 Å². The first-order chi connectivity index (χ1) is 28.3. The van der Waals surface area contributed by atoms with Crippen LogP contribution in [0.4, 0.5) is 0 Å². The number of rotatable bonds is 5. The molecule has 2 aromatic heterocycles. The van der Waals surface area contributed by atoms with E-state index in [1.165, 1.54) is 15.3 Å². The number of imidazole rings is 1. The summed E-state index contributed by atoms with van der Waals surface area (Å²) in [5.41, 5.74) is 14.7. The average Bonchev–Trinajstić information content (AvgIpc) is 3.56.